The molecule has 0 radical (unpaired) electrons. The summed E-state index contributed by atoms with van der Waals surface area (Å²) in [5.41, 5.74) is 6.15. The normalized spacial score (nSPS) is 21.8. The molecule has 2 aromatic carbocycles. The van der Waals surface area contributed by atoms with Crippen molar-refractivity contribution < 1.29 is 9.05 Å². The Morgan fingerprint density at radius 1 is 1.04 bits per heavy atom. The lowest BCUT2D eigenvalue weighted by Crippen LogP contribution is -2.16. The van der Waals surface area contributed by atoms with Gasteiger partial charge in [0.05, 0.1) is 11.8 Å². The standard InChI is InChI=1S/C20H25O2P/c1-7-21-23(6)20(4,5)18-9-8-16(13-19(18)22-23)17-11-14(2)10-15(3)12-17/h8-13H,6-7H2,1-5H3. The predicted octanol–water partition coefficient (Wildman–Crippen LogP) is 5.91. The fourth-order valence-electron chi connectivity index (χ4n) is 3.28. The van der Waals surface area contributed by atoms with E-state index in [9.17, 15) is 0 Å². The SMILES string of the molecule is C=P1(OCC)Oc2cc(-c3cc(C)cc(C)c3)ccc2C1(C)C. The summed E-state index contributed by atoms with van der Waals surface area (Å²) in [6, 6.07) is 13.1. The van der Waals surface area contributed by atoms with Crippen molar-refractivity contribution in [1.82, 2.24) is 0 Å². The fourth-order valence-corrected chi connectivity index (χ4v) is 5.32. The number of rotatable bonds is 3. The van der Waals surface area contributed by atoms with Crippen LogP contribution in [-0.2, 0) is 9.68 Å². The Bertz CT molecular complexity index is 785. The summed E-state index contributed by atoms with van der Waals surface area (Å²) < 4.78 is 12.2. The van der Waals surface area contributed by atoms with Crippen LogP contribution in [0.1, 0.15) is 37.5 Å². The van der Waals surface area contributed by atoms with Gasteiger partial charge in [0.1, 0.15) is 5.75 Å². The fraction of sp³-hybridized carbons (Fsp3) is 0.350. The first-order valence-electron chi connectivity index (χ1n) is 8.07. The van der Waals surface area contributed by atoms with Gasteiger partial charge in [0.15, 0.2) is 7.34 Å². The predicted molar refractivity (Wildman–Crippen MR) is 101 cm³/mol. The van der Waals surface area contributed by atoms with E-state index in [2.05, 4.69) is 70.4 Å². The van der Waals surface area contributed by atoms with Gasteiger partial charge in [-0.25, -0.2) is 0 Å². The van der Waals surface area contributed by atoms with Crippen molar-refractivity contribution in [2.75, 3.05) is 6.61 Å². The monoisotopic (exact) mass is 328 g/mol. The lowest BCUT2D eigenvalue weighted by molar-refractivity contribution is 0.323. The highest BCUT2D eigenvalue weighted by atomic mass is 31.2. The van der Waals surface area contributed by atoms with E-state index in [1.54, 1.807) is 0 Å². The first-order chi connectivity index (χ1) is 10.8. The molecule has 0 aromatic heterocycles. The minimum atomic E-state index is -2.19. The van der Waals surface area contributed by atoms with Gasteiger partial charge in [0, 0.05) is 5.56 Å². The summed E-state index contributed by atoms with van der Waals surface area (Å²) in [4.78, 5) is 0. The van der Waals surface area contributed by atoms with E-state index >= 15 is 0 Å². The molecule has 0 fully saturated rings. The minimum Gasteiger partial charge on any atom is -0.452 e. The molecular formula is C20H25O2P. The van der Waals surface area contributed by atoms with Crippen molar-refractivity contribution in [3.05, 3.63) is 53.1 Å². The Balaban J connectivity index is 2.08. The Kier molecular flexibility index (Phi) is 3.94. The van der Waals surface area contributed by atoms with E-state index in [1.165, 1.54) is 27.8 Å². The van der Waals surface area contributed by atoms with Crippen LogP contribution < -0.4 is 4.52 Å². The Morgan fingerprint density at radius 2 is 1.70 bits per heavy atom. The van der Waals surface area contributed by atoms with Gasteiger partial charge in [0.25, 0.3) is 0 Å². The molecule has 0 bridgehead atoms. The molecule has 1 aliphatic rings. The number of aryl methyl sites for hydroxylation is 2. The number of hydrogen-bond donors (Lipinski definition) is 0. The highest BCUT2D eigenvalue weighted by Gasteiger charge is 2.46. The number of benzene rings is 2. The second-order valence-electron chi connectivity index (χ2n) is 6.83. The van der Waals surface area contributed by atoms with Gasteiger partial charge in [-0.1, -0.05) is 41.5 Å². The molecule has 23 heavy (non-hydrogen) atoms. The van der Waals surface area contributed by atoms with Gasteiger partial charge >= 0.3 is 0 Å². The van der Waals surface area contributed by atoms with E-state index in [0.717, 1.165) is 5.75 Å². The van der Waals surface area contributed by atoms with Crippen LogP contribution in [0.4, 0.5) is 0 Å². The van der Waals surface area contributed by atoms with Crippen LogP contribution >= 0.6 is 7.34 Å². The number of fused-ring (bicyclic) bond motifs is 1. The van der Waals surface area contributed by atoms with Crippen molar-refractivity contribution in [3.8, 4) is 16.9 Å². The quantitative estimate of drug-likeness (QED) is 0.652. The van der Waals surface area contributed by atoms with Gasteiger partial charge in [-0.2, -0.15) is 0 Å². The van der Waals surface area contributed by atoms with Gasteiger partial charge in [0.2, 0.25) is 0 Å². The van der Waals surface area contributed by atoms with Crippen LogP contribution in [0, 0.1) is 13.8 Å². The third kappa shape index (κ3) is 2.65. The van der Waals surface area contributed by atoms with E-state index in [0.29, 0.717) is 6.61 Å². The van der Waals surface area contributed by atoms with Crippen LogP contribution in [0.2, 0.25) is 0 Å². The van der Waals surface area contributed by atoms with Crippen molar-refractivity contribution in [3.63, 3.8) is 0 Å². The summed E-state index contributed by atoms with van der Waals surface area (Å²) in [6.07, 6.45) is 4.32. The second-order valence-corrected chi connectivity index (χ2v) is 9.73. The Labute approximate surface area is 139 Å². The molecule has 3 heteroatoms. The molecule has 3 rings (SSSR count). The third-order valence-corrected chi connectivity index (χ3v) is 7.74. The molecule has 0 N–H and O–H groups in total. The largest absolute Gasteiger partial charge is 0.452 e. The Morgan fingerprint density at radius 3 is 2.30 bits per heavy atom. The molecule has 122 valence electrons. The van der Waals surface area contributed by atoms with E-state index in [4.69, 9.17) is 9.05 Å². The average molecular weight is 328 g/mol. The lowest BCUT2D eigenvalue weighted by atomic mass is 9.95. The molecule has 1 heterocycles. The molecule has 0 aliphatic carbocycles. The molecule has 1 unspecified atom stereocenters. The van der Waals surface area contributed by atoms with Crippen LogP contribution in [0.5, 0.6) is 5.75 Å². The van der Waals surface area contributed by atoms with Gasteiger partial charge < -0.3 is 9.05 Å². The molecule has 0 saturated heterocycles. The van der Waals surface area contributed by atoms with E-state index in [1.807, 2.05) is 6.92 Å². The zero-order valence-electron chi connectivity index (χ0n) is 14.6. The van der Waals surface area contributed by atoms with Crippen LogP contribution in [0.3, 0.4) is 0 Å². The summed E-state index contributed by atoms with van der Waals surface area (Å²) in [5, 5.41) is -0.181. The van der Waals surface area contributed by atoms with Crippen LogP contribution in [0.15, 0.2) is 36.4 Å². The molecule has 1 aliphatic heterocycles. The van der Waals surface area contributed by atoms with Gasteiger partial charge in [-0.15, -0.1) is 0 Å². The molecule has 2 aromatic rings. The first kappa shape index (κ1) is 16.4. The summed E-state index contributed by atoms with van der Waals surface area (Å²) >= 11 is 0. The molecule has 1 atom stereocenters. The smallest absolute Gasteiger partial charge is 0.177 e. The van der Waals surface area contributed by atoms with Crippen molar-refractivity contribution in [2.45, 2.75) is 39.8 Å². The zero-order valence-corrected chi connectivity index (χ0v) is 15.5. The summed E-state index contributed by atoms with van der Waals surface area (Å²) in [5.74, 6) is 0.920. The minimum absolute atomic E-state index is 0.181. The molecule has 0 saturated carbocycles. The average Bonchev–Trinajstić information content (AvgIpc) is 2.64. The maximum absolute atomic E-state index is 6.25. The van der Waals surface area contributed by atoms with Crippen LogP contribution in [0.25, 0.3) is 11.1 Å². The summed E-state index contributed by atoms with van der Waals surface area (Å²) in [7, 11) is -2.19. The maximum atomic E-state index is 6.25. The number of hydrogen-bond acceptors (Lipinski definition) is 2. The maximum Gasteiger partial charge on any atom is 0.177 e. The lowest BCUT2D eigenvalue weighted by Gasteiger charge is -2.30. The summed E-state index contributed by atoms with van der Waals surface area (Å²) in [6.45, 7) is 11.2. The molecule has 0 amide bonds. The van der Waals surface area contributed by atoms with E-state index < -0.39 is 7.34 Å². The van der Waals surface area contributed by atoms with Crippen LogP contribution in [-0.4, -0.2) is 12.9 Å². The Hall–Kier alpha value is -1.50. The van der Waals surface area contributed by atoms with E-state index in [-0.39, 0.29) is 5.16 Å². The van der Waals surface area contributed by atoms with Gasteiger partial charge in [-0.05, 0) is 58.1 Å². The highest BCUT2D eigenvalue weighted by molar-refractivity contribution is 7.66. The van der Waals surface area contributed by atoms with Crippen molar-refractivity contribution >= 4 is 13.6 Å². The first-order valence-corrected chi connectivity index (χ1v) is 9.88. The third-order valence-electron chi connectivity index (χ3n) is 4.63. The zero-order chi connectivity index (χ0) is 16.8. The van der Waals surface area contributed by atoms with Crippen molar-refractivity contribution in [2.24, 2.45) is 0 Å². The highest BCUT2D eigenvalue weighted by Crippen LogP contribution is 2.70. The second kappa shape index (κ2) is 5.54. The molecular weight excluding hydrogens is 303 g/mol. The molecule has 2 nitrogen and oxygen atoms in total. The van der Waals surface area contributed by atoms with Crippen molar-refractivity contribution in [1.29, 1.82) is 0 Å². The molecule has 0 spiro atoms. The van der Waals surface area contributed by atoms with Gasteiger partial charge in [-0.3, -0.25) is 0 Å². The topological polar surface area (TPSA) is 18.5 Å².